The third-order valence-corrected chi connectivity index (χ3v) is 3.79. The minimum Gasteiger partial charge on any atom is -0.490 e. The van der Waals surface area contributed by atoms with Crippen molar-refractivity contribution in [3.8, 4) is 5.75 Å². The van der Waals surface area contributed by atoms with Crippen molar-refractivity contribution in [2.24, 2.45) is 5.73 Å². The van der Waals surface area contributed by atoms with Crippen LogP contribution in [-0.4, -0.2) is 24.0 Å². The van der Waals surface area contributed by atoms with E-state index in [1.165, 1.54) is 11.3 Å². The van der Waals surface area contributed by atoms with Crippen molar-refractivity contribution in [2.45, 2.75) is 6.54 Å². The molecule has 2 aromatic rings. The smallest absolute Gasteiger partial charge is 0.277 e. The van der Waals surface area contributed by atoms with Crippen molar-refractivity contribution < 1.29 is 9.53 Å². The van der Waals surface area contributed by atoms with Crippen LogP contribution in [0.5, 0.6) is 5.75 Å². The maximum atomic E-state index is 12.5. The molecule has 1 aliphatic rings. The van der Waals surface area contributed by atoms with Gasteiger partial charge in [-0.05, 0) is 12.1 Å². The third-order valence-electron chi connectivity index (χ3n) is 2.92. The molecule has 0 atom stereocenters. The zero-order chi connectivity index (χ0) is 13.2. The first-order valence-corrected chi connectivity index (χ1v) is 6.85. The Kier molecular flexibility index (Phi) is 3.18. The van der Waals surface area contributed by atoms with Crippen molar-refractivity contribution >= 4 is 22.9 Å². The van der Waals surface area contributed by atoms with Crippen molar-refractivity contribution in [2.75, 3.05) is 18.1 Å². The van der Waals surface area contributed by atoms with Crippen molar-refractivity contribution in [3.63, 3.8) is 0 Å². The van der Waals surface area contributed by atoms with E-state index >= 15 is 0 Å². The topological polar surface area (TPSA) is 68.5 Å². The molecule has 0 fully saturated rings. The van der Waals surface area contributed by atoms with Crippen LogP contribution in [0.1, 0.15) is 15.5 Å². The van der Waals surface area contributed by atoms with Crippen LogP contribution in [0, 0.1) is 0 Å². The van der Waals surface area contributed by atoms with Gasteiger partial charge in [0, 0.05) is 11.9 Å². The Hall–Kier alpha value is -1.92. The molecule has 0 radical (unpaired) electrons. The number of nitrogens with two attached hydrogens (primary N) is 1. The minimum absolute atomic E-state index is 0.105. The molecule has 1 aromatic heterocycles. The highest BCUT2D eigenvalue weighted by molar-refractivity contribution is 7.09. The van der Waals surface area contributed by atoms with E-state index in [0.717, 1.165) is 16.4 Å². The predicted molar refractivity (Wildman–Crippen MR) is 73.6 cm³/mol. The number of carbonyl (C=O) groups is 1. The maximum absolute atomic E-state index is 12.5. The molecule has 6 heteroatoms. The number of nitrogens with zero attached hydrogens (tertiary/aromatic N) is 2. The Balaban J connectivity index is 1.93. The first-order chi connectivity index (χ1) is 9.29. The molecule has 0 aliphatic carbocycles. The van der Waals surface area contributed by atoms with Crippen LogP contribution in [0.4, 0.5) is 5.69 Å². The number of hydrogen-bond donors (Lipinski definition) is 1. The van der Waals surface area contributed by atoms with Gasteiger partial charge in [-0.2, -0.15) is 0 Å². The molecule has 19 heavy (non-hydrogen) atoms. The van der Waals surface area contributed by atoms with Crippen molar-refractivity contribution in [1.29, 1.82) is 0 Å². The molecule has 3 rings (SSSR count). The first-order valence-electron chi connectivity index (χ1n) is 5.98. The summed E-state index contributed by atoms with van der Waals surface area (Å²) in [6.45, 7) is 1.39. The van der Waals surface area contributed by atoms with E-state index in [1.807, 2.05) is 24.3 Å². The molecule has 0 saturated heterocycles. The van der Waals surface area contributed by atoms with Crippen LogP contribution in [0.2, 0.25) is 0 Å². The lowest BCUT2D eigenvalue weighted by molar-refractivity contribution is 0.0972. The lowest BCUT2D eigenvalue weighted by Gasteiger charge is -2.28. The van der Waals surface area contributed by atoms with E-state index < -0.39 is 0 Å². The van der Waals surface area contributed by atoms with Gasteiger partial charge in [-0.15, -0.1) is 11.3 Å². The highest BCUT2D eigenvalue weighted by Gasteiger charge is 2.25. The fourth-order valence-corrected chi connectivity index (χ4v) is 2.67. The number of thiazole rings is 1. The van der Waals surface area contributed by atoms with Gasteiger partial charge >= 0.3 is 0 Å². The van der Waals surface area contributed by atoms with Crippen LogP contribution in [-0.2, 0) is 6.54 Å². The van der Waals surface area contributed by atoms with E-state index in [2.05, 4.69) is 4.98 Å². The number of para-hydroxylation sites is 2. The Morgan fingerprint density at radius 1 is 1.47 bits per heavy atom. The Morgan fingerprint density at radius 3 is 3.11 bits per heavy atom. The maximum Gasteiger partial charge on any atom is 0.277 e. The number of benzene rings is 1. The summed E-state index contributed by atoms with van der Waals surface area (Å²) < 4.78 is 5.53. The summed E-state index contributed by atoms with van der Waals surface area (Å²) in [6.07, 6.45) is 0. The monoisotopic (exact) mass is 275 g/mol. The van der Waals surface area contributed by atoms with E-state index in [9.17, 15) is 4.79 Å². The molecule has 2 N–H and O–H groups in total. The summed E-state index contributed by atoms with van der Waals surface area (Å²) in [6, 6.07) is 7.52. The van der Waals surface area contributed by atoms with Crippen LogP contribution in [0.3, 0.4) is 0 Å². The highest BCUT2D eigenvalue weighted by Crippen LogP contribution is 2.31. The van der Waals surface area contributed by atoms with Gasteiger partial charge in [-0.25, -0.2) is 4.98 Å². The zero-order valence-electron chi connectivity index (χ0n) is 10.2. The zero-order valence-corrected chi connectivity index (χ0v) is 11.0. The molecule has 1 aliphatic heterocycles. The van der Waals surface area contributed by atoms with Gasteiger partial charge in [0.15, 0.2) is 0 Å². The molecule has 0 saturated carbocycles. The summed E-state index contributed by atoms with van der Waals surface area (Å²) in [5.74, 6) is 0.628. The normalized spacial score (nSPS) is 13.8. The van der Waals surface area contributed by atoms with Gasteiger partial charge in [0.2, 0.25) is 0 Å². The van der Waals surface area contributed by atoms with Gasteiger partial charge in [-0.3, -0.25) is 4.79 Å². The fourth-order valence-electron chi connectivity index (χ4n) is 2.02. The Bertz CT molecular complexity index is 611. The molecular weight excluding hydrogens is 262 g/mol. The SMILES string of the molecule is NCc1nc(C(=O)N2CCOc3ccccc32)cs1. The van der Waals surface area contributed by atoms with Crippen LogP contribution in [0.25, 0.3) is 0 Å². The standard InChI is InChI=1S/C13H13N3O2S/c14-7-12-15-9(8-19-12)13(17)16-5-6-18-11-4-2-1-3-10(11)16/h1-4,8H,5-7,14H2. The van der Waals surface area contributed by atoms with Gasteiger partial charge in [0.1, 0.15) is 23.1 Å². The average Bonchev–Trinajstić information content (AvgIpc) is 2.95. The van der Waals surface area contributed by atoms with Crippen molar-refractivity contribution in [3.05, 3.63) is 40.3 Å². The fraction of sp³-hybridized carbons (Fsp3) is 0.231. The minimum atomic E-state index is -0.105. The summed E-state index contributed by atoms with van der Waals surface area (Å²) in [5.41, 5.74) is 6.76. The van der Waals surface area contributed by atoms with Gasteiger partial charge in [-0.1, -0.05) is 12.1 Å². The third kappa shape index (κ3) is 2.20. The average molecular weight is 275 g/mol. The Morgan fingerprint density at radius 2 is 2.32 bits per heavy atom. The molecule has 1 aromatic carbocycles. The number of aromatic nitrogens is 1. The van der Waals surface area contributed by atoms with E-state index in [-0.39, 0.29) is 5.91 Å². The lowest BCUT2D eigenvalue weighted by Crippen LogP contribution is -2.38. The number of anilines is 1. The van der Waals surface area contributed by atoms with Gasteiger partial charge < -0.3 is 15.4 Å². The molecular formula is C13H13N3O2S. The second-order valence-corrected chi connectivity index (χ2v) is 5.05. The van der Waals surface area contributed by atoms with E-state index in [4.69, 9.17) is 10.5 Å². The first kappa shape index (κ1) is 12.1. The second kappa shape index (κ2) is 4.99. The van der Waals surface area contributed by atoms with Crippen LogP contribution < -0.4 is 15.4 Å². The predicted octanol–water partition coefficient (Wildman–Crippen LogP) is 1.64. The summed E-state index contributed by atoms with van der Waals surface area (Å²) >= 11 is 1.41. The number of hydrogen-bond acceptors (Lipinski definition) is 5. The summed E-state index contributed by atoms with van der Waals surface area (Å²) in [5, 5.41) is 2.52. The molecule has 0 spiro atoms. The summed E-state index contributed by atoms with van der Waals surface area (Å²) in [4.78, 5) is 18.4. The van der Waals surface area contributed by atoms with Gasteiger partial charge in [0.05, 0.1) is 12.2 Å². The number of ether oxygens (including phenoxy) is 1. The number of carbonyl (C=O) groups excluding carboxylic acids is 1. The van der Waals surface area contributed by atoms with E-state index in [1.54, 1.807) is 10.3 Å². The largest absolute Gasteiger partial charge is 0.490 e. The quantitative estimate of drug-likeness (QED) is 0.904. The Labute approximate surface area is 114 Å². The highest BCUT2D eigenvalue weighted by atomic mass is 32.1. The molecule has 5 nitrogen and oxygen atoms in total. The van der Waals surface area contributed by atoms with Crippen LogP contribution in [0.15, 0.2) is 29.6 Å². The van der Waals surface area contributed by atoms with E-state index in [0.29, 0.717) is 25.4 Å². The lowest BCUT2D eigenvalue weighted by atomic mass is 10.2. The molecule has 0 bridgehead atoms. The molecule has 2 heterocycles. The molecule has 98 valence electrons. The summed E-state index contributed by atoms with van der Waals surface area (Å²) in [7, 11) is 0. The number of fused-ring (bicyclic) bond motifs is 1. The molecule has 1 amide bonds. The van der Waals surface area contributed by atoms with Gasteiger partial charge in [0.25, 0.3) is 5.91 Å². The number of rotatable bonds is 2. The van der Waals surface area contributed by atoms with Crippen LogP contribution >= 0.6 is 11.3 Å². The van der Waals surface area contributed by atoms with Crippen molar-refractivity contribution in [1.82, 2.24) is 4.98 Å². The second-order valence-electron chi connectivity index (χ2n) is 4.10. The number of amides is 1. The molecule has 0 unspecified atom stereocenters.